The summed E-state index contributed by atoms with van der Waals surface area (Å²) in [5, 5.41) is 6.71. The number of hydrogen-bond acceptors (Lipinski definition) is 4. The third-order valence-corrected chi connectivity index (χ3v) is 6.78. The van der Waals surface area contributed by atoms with E-state index in [-0.39, 0.29) is 18.0 Å². The number of halogens is 2. The molecular formula is C26H24Cl2N4O2. The van der Waals surface area contributed by atoms with Gasteiger partial charge in [-0.25, -0.2) is 0 Å². The van der Waals surface area contributed by atoms with Crippen molar-refractivity contribution in [2.45, 2.75) is 19.4 Å². The summed E-state index contributed by atoms with van der Waals surface area (Å²) in [6.45, 7) is 4.25. The molecule has 6 nitrogen and oxygen atoms in total. The van der Waals surface area contributed by atoms with Crippen LogP contribution in [0.3, 0.4) is 0 Å². The number of likely N-dealkylation sites (tertiary alicyclic amines) is 1. The molecule has 0 unspecified atom stereocenters. The lowest BCUT2D eigenvalue weighted by Crippen LogP contribution is -2.24. The molecule has 5 aromatic rings. The molecule has 174 valence electrons. The summed E-state index contributed by atoms with van der Waals surface area (Å²) in [7, 11) is 0. The maximum absolute atomic E-state index is 13.3. The number of aromatic nitrogens is 3. The molecule has 1 fully saturated rings. The quantitative estimate of drug-likeness (QED) is 0.311. The molecule has 0 aliphatic carbocycles. The number of benzene rings is 2. The third-order valence-electron chi connectivity index (χ3n) is 6.45. The van der Waals surface area contributed by atoms with Crippen LogP contribution >= 0.6 is 24.0 Å². The van der Waals surface area contributed by atoms with Gasteiger partial charge in [0.1, 0.15) is 11.3 Å². The number of furan rings is 1. The minimum atomic E-state index is -0.129. The van der Waals surface area contributed by atoms with E-state index in [9.17, 15) is 4.79 Å². The van der Waals surface area contributed by atoms with Crippen molar-refractivity contribution in [3.8, 4) is 17.0 Å². The number of nitrogens with zero attached hydrogens (tertiary/aromatic N) is 4. The van der Waals surface area contributed by atoms with Crippen molar-refractivity contribution < 1.29 is 4.42 Å². The molecule has 3 aromatic heterocycles. The molecule has 1 aliphatic heterocycles. The van der Waals surface area contributed by atoms with E-state index >= 15 is 0 Å². The first kappa shape index (κ1) is 22.7. The Morgan fingerprint density at radius 3 is 2.65 bits per heavy atom. The van der Waals surface area contributed by atoms with Crippen molar-refractivity contribution >= 4 is 45.9 Å². The molecule has 0 spiro atoms. The van der Waals surface area contributed by atoms with E-state index in [0.29, 0.717) is 21.8 Å². The van der Waals surface area contributed by atoms with Gasteiger partial charge in [-0.05, 0) is 68.4 Å². The van der Waals surface area contributed by atoms with Crippen molar-refractivity contribution in [3.05, 3.63) is 82.4 Å². The first-order valence-electron chi connectivity index (χ1n) is 11.3. The van der Waals surface area contributed by atoms with Crippen LogP contribution < -0.4 is 5.56 Å². The highest BCUT2D eigenvalue weighted by molar-refractivity contribution is 6.33. The minimum Gasteiger partial charge on any atom is -0.456 e. The molecule has 1 aliphatic rings. The fraction of sp³-hybridized carbons (Fsp3) is 0.231. The van der Waals surface area contributed by atoms with E-state index in [0.717, 1.165) is 35.2 Å². The van der Waals surface area contributed by atoms with Crippen LogP contribution in [0.2, 0.25) is 5.02 Å². The summed E-state index contributed by atoms with van der Waals surface area (Å²) in [5.41, 5.74) is 3.06. The predicted molar refractivity (Wildman–Crippen MR) is 138 cm³/mol. The second-order valence-electron chi connectivity index (χ2n) is 8.52. The number of fused-ring (bicyclic) bond motifs is 2. The van der Waals surface area contributed by atoms with Crippen LogP contribution in [-0.2, 0) is 6.54 Å². The monoisotopic (exact) mass is 494 g/mol. The molecule has 0 amide bonds. The highest BCUT2D eigenvalue weighted by atomic mass is 35.5. The number of rotatable bonds is 5. The Morgan fingerprint density at radius 1 is 1.00 bits per heavy atom. The first-order valence-corrected chi connectivity index (χ1v) is 11.6. The summed E-state index contributed by atoms with van der Waals surface area (Å²) < 4.78 is 9.63. The smallest absolute Gasteiger partial charge is 0.266 e. The largest absolute Gasteiger partial charge is 0.456 e. The predicted octanol–water partition coefficient (Wildman–Crippen LogP) is 5.77. The summed E-state index contributed by atoms with van der Waals surface area (Å²) >= 11 is 6.32. The Morgan fingerprint density at radius 2 is 1.82 bits per heavy atom. The van der Waals surface area contributed by atoms with Crippen molar-refractivity contribution in [1.82, 2.24) is 19.2 Å². The van der Waals surface area contributed by atoms with E-state index in [1.54, 1.807) is 16.8 Å². The van der Waals surface area contributed by atoms with Gasteiger partial charge in [0.2, 0.25) is 0 Å². The maximum atomic E-state index is 13.3. The molecule has 34 heavy (non-hydrogen) atoms. The zero-order valence-corrected chi connectivity index (χ0v) is 20.1. The zero-order valence-electron chi connectivity index (χ0n) is 18.5. The van der Waals surface area contributed by atoms with Crippen molar-refractivity contribution in [2.24, 2.45) is 0 Å². The summed E-state index contributed by atoms with van der Waals surface area (Å²) in [6, 6.07) is 17.1. The van der Waals surface area contributed by atoms with Gasteiger partial charge >= 0.3 is 0 Å². The van der Waals surface area contributed by atoms with Gasteiger partial charge in [0.25, 0.3) is 5.56 Å². The van der Waals surface area contributed by atoms with Gasteiger partial charge in [-0.15, -0.1) is 12.4 Å². The Kier molecular flexibility index (Phi) is 6.21. The lowest BCUT2D eigenvalue weighted by atomic mass is 10.1. The van der Waals surface area contributed by atoms with Gasteiger partial charge in [0.15, 0.2) is 0 Å². The van der Waals surface area contributed by atoms with E-state index in [1.165, 1.54) is 25.9 Å². The molecule has 6 rings (SSSR count). The molecule has 0 atom stereocenters. The first-order chi connectivity index (χ1) is 16.2. The number of hydrogen-bond donors (Lipinski definition) is 0. The Bertz CT molecular complexity index is 1530. The van der Waals surface area contributed by atoms with Crippen LogP contribution in [0.15, 0.2) is 76.2 Å². The fourth-order valence-electron chi connectivity index (χ4n) is 4.68. The van der Waals surface area contributed by atoms with Crippen LogP contribution in [0.4, 0.5) is 0 Å². The summed E-state index contributed by atoms with van der Waals surface area (Å²) in [6.07, 6.45) is 6.21. The third kappa shape index (κ3) is 4.02. The lowest BCUT2D eigenvalue weighted by Gasteiger charge is -2.14. The standard InChI is InChI=1S/C26H23ClN4O2.ClH/c27-22-6-2-1-5-20(22)25-16-21-24(33-25)9-12-30(26(21)32)19-7-8-23-18(15-19)17-28-31(23)14-13-29-10-3-4-11-29;/h1-2,5-9,12,15-17H,3-4,10-11,13-14H2;1H. The minimum absolute atomic E-state index is 0. The topological polar surface area (TPSA) is 56.2 Å². The van der Waals surface area contributed by atoms with Crippen molar-refractivity contribution in [3.63, 3.8) is 0 Å². The highest BCUT2D eigenvalue weighted by Crippen LogP contribution is 2.31. The van der Waals surface area contributed by atoms with E-state index in [4.69, 9.17) is 16.0 Å². The summed E-state index contributed by atoms with van der Waals surface area (Å²) in [4.78, 5) is 15.8. The second kappa shape index (κ2) is 9.29. The highest BCUT2D eigenvalue weighted by Gasteiger charge is 2.15. The van der Waals surface area contributed by atoms with Gasteiger partial charge in [0.05, 0.1) is 28.7 Å². The van der Waals surface area contributed by atoms with E-state index in [1.807, 2.05) is 54.7 Å². The number of pyridine rings is 1. The average Bonchev–Trinajstić information content (AvgIpc) is 3.58. The van der Waals surface area contributed by atoms with E-state index in [2.05, 4.69) is 14.7 Å². The van der Waals surface area contributed by atoms with Crippen LogP contribution in [0.25, 0.3) is 38.9 Å². The SMILES string of the molecule is Cl.O=c1c2cc(-c3ccccc3Cl)oc2ccn1-c1ccc2c(cnn2CCN2CCCC2)c1. The fourth-order valence-corrected chi connectivity index (χ4v) is 4.91. The summed E-state index contributed by atoms with van der Waals surface area (Å²) in [5.74, 6) is 0.584. The van der Waals surface area contributed by atoms with E-state index < -0.39 is 0 Å². The van der Waals surface area contributed by atoms with Crippen LogP contribution in [0.5, 0.6) is 0 Å². The van der Waals surface area contributed by atoms with Crippen LogP contribution in [0.1, 0.15) is 12.8 Å². The molecule has 0 radical (unpaired) electrons. The van der Waals surface area contributed by atoms with Crippen molar-refractivity contribution in [1.29, 1.82) is 0 Å². The van der Waals surface area contributed by atoms with Crippen molar-refractivity contribution in [2.75, 3.05) is 19.6 Å². The van der Waals surface area contributed by atoms with Gasteiger partial charge in [0, 0.05) is 29.4 Å². The molecule has 0 N–H and O–H groups in total. The average molecular weight is 495 g/mol. The second-order valence-corrected chi connectivity index (χ2v) is 8.93. The van der Waals surface area contributed by atoms with Gasteiger partial charge < -0.3 is 9.32 Å². The molecule has 8 heteroatoms. The normalized spacial score (nSPS) is 14.1. The van der Waals surface area contributed by atoms with Gasteiger partial charge in [-0.1, -0.05) is 23.7 Å². The molecule has 2 aromatic carbocycles. The molecule has 4 heterocycles. The van der Waals surface area contributed by atoms with Gasteiger partial charge in [-0.2, -0.15) is 5.10 Å². The van der Waals surface area contributed by atoms with Crippen LogP contribution in [0, 0.1) is 0 Å². The Balaban J connectivity index is 0.00000241. The maximum Gasteiger partial charge on any atom is 0.266 e. The molecule has 1 saturated heterocycles. The zero-order chi connectivity index (χ0) is 22.4. The van der Waals surface area contributed by atoms with Crippen LogP contribution in [-0.4, -0.2) is 38.9 Å². The Hall–Kier alpha value is -3.06. The van der Waals surface area contributed by atoms with Gasteiger partial charge in [-0.3, -0.25) is 14.0 Å². The molecule has 0 bridgehead atoms. The molecular weight excluding hydrogens is 471 g/mol. The molecule has 0 saturated carbocycles. The Labute approximate surface area is 207 Å². The lowest BCUT2D eigenvalue weighted by molar-refractivity contribution is 0.318.